The Balaban J connectivity index is 0.00000182. The van der Waals surface area contributed by atoms with Gasteiger partial charge >= 0.3 is 0 Å². The van der Waals surface area contributed by atoms with E-state index in [2.05, 4.69) is 28.1 Å². The van der Waals surface area contributed by atoms with Crippen LogP contribution in [0.5, 0.6) is 0 Å². The van der Waals surface area contributed by atoms with Crippen molar-refractivity contribution in [1.82, 2.24) is 16.0 Å². The zero-order chi connectivity index (χ0) is 16.8. The largest absolute Gasteiger partial charge is 0.372 e. The van der Waals surface area contributed by atoms with Gasteiger partial charge in [-0.2, -0.15) is 0 Å². The van der Waals surface area contributed by atoms with Gasteiger partial charge in [0.15, 0.2) is 0 Å². The number of benzene rings is 1. The molecule has 0 bridgehead atoms. The molecule has 4 rings (SSSR count). The van der Waals surface area contributed by atoms with Gasteiger partial charge in [-0.05, 0) is 30.7 Å². The third-order valence-corrected chi connectivity index (χ3v) is 6.99. The number of hydrogen-bond donors (Lipinski definition) is 3. The molecule has 1 aliphatic carbocycles. The van der Waals surface area contributed by atoms with Gasteiger partial charge in [-0.25, -0.2) is 0 Å². The number of amides is 1. The Morgan fingerprint density at radius 2 is 2.08 bits per heavy atom. The molecule has 1 amide bonds. The van der Waals surface area contributed by atoms with Gasteiger partial charge in [-0.1, -0.05) is 47.5 Å². The lowest BCUT2D eigenvalue weighted by Gasteiger charge is -2.22. The number of fused-ring (bicyclic) bond motifs is 2. The summed E-state index contributed by atoms with van der Waals surface area (Å²) in [6.07, 6.45) is 2.74. The Bertz CT molecular complexity index is 767. The number of rotatable bonds is 3. The number of carbonyl (C=O) groups excluding carboxylic acids is 1. The van der Waals surface area contributed by atoms with E-state index in [4.69, 9.17) is 23.2 Å². The Labute approximate surface area is 167 Å². The molecule has 0 fully saturated rings. The van der Waals surface area contributed by atoms with Crippen LogP contribution < -0.4 is 16.0 Å². The van der Waals surface area contributed by atoms with Crippen LogP contribution in [0.1, 0.15) is 17.2 Å². The van der Waals surface area contributed by atoms with Crippen LogP contribution in [0, 0.1) is 0 Å². The van der Waals surface area contributed by atoms with Crippen molar-refractivity contribution < 1.29 is 4.79 Å². The molecule has 0 radical (unpaired) electrons. The molecule has 0 saturated heterocycles. The quantitative estimate of drug-likeness (QED) is 0.706. The van der Waals surface area contributed by atoms with Crippen molar-refractivity contribution in [2.75, 3.05) is 7.05 Å². The van der Waals surface area contributed by atoms with Crippen molar-refractivity contribution >= 4 is 53.3 Å². The molecule has 2 heterocycles. The summed E-state index contributed by atoms with van der Waals surface area (Å²) in [6, 6.07) is 8.36. The van der Waals surface area contributed by atoms with Crippen molar-refractivity contribution in [3.8, 4) is 0 Å². The summed E-state index contributed by atoms with van der Waals surface area (Å²) in [6.45, 7) is 0. The van der Waals surface area contributed by atoms with Gasteiger partial charge in [0.1, 0.15) is 0 Å². The molecule has 25 heavy (non-hydrogen) atoms. The lowest BCUT2D eigenvalue weighted by molar-refractivity contribution is -0.118. The molecular weight excluding hydrogens is 401 g/mol. The van der Waals surface area contributed by atoms with E-state index in [0.29, 0.717) is 15.1 Å². The fraction of sp³-hybridized carbons (Fsp3) is 0.353. The van der Waals surface area contributed by atoms with Crippen LogP contribution >= 0.6 is 47.4 Å². The first-order valence-corrected chi connectivity index (χ1v) is 9.48. The maximum Gasteiger partial charge on any atom is 0.267 e. The highest BCUT2D eigenvalue weighted by Crippen LogP contribution is 2.45. The van der Waals surface area contributed by atoms with Gasteiger partial charge in [-0.3, -0.25) is 4.79 Å². The SMILES string of the molecule is CN[C@@H]1c2ccccc2C[C@H]1NC(=O)C1=CC2SC(Cl)=C(Cl)C2N1.Cl. The fourth-order valence-corrected chi connectivity index (χ4v) is 5.49. The predicted octanol–water partition coefficient (Wildman–Crippen LogP) is 3.03. The number of likely N-dealkylation sites (N-methyl/N-ethyl adjacent to an activating group) is 1. The standard InChI is InChI=1S/C17H17Cl2N3OS.ClH/c1-20-14-9-5-3-2-4-8(9)6-10(14)22-17(23)11-7-12-15(21-11)13(18)16(19)24-12;/h2-5,7,10,12,14-15,20-21H,6H2,1H3,(H,22,23);1H/t10-,12?,14-,15?;/m1./s1. The molecule has 4 atom stereocenters. The minimum absolute atomic E-state index is 0. The summed E-state index contributed by atoms with van der Waals surface area (Å²) in [5, 5.41) is 10.3. The van der Waals surface area contributed by atoms with Gasteiger partial charge in [-0.15, -0.1) is 24.2 Å². The number of halogens is 3. The monoisotopic (exact) mass is 417 g/mol. The molecule has 0 aromatic heterocycles. The van der Waals surface area contributed by atoms with E-state index in [1.54, 1.807) is 0 Å². The summed E-state index contributed by atoms with van der Waals surface area (Å²) >= 11 is 13.7. The van der Waals surface area contributed by atoms with E-state index in [0.717, 1.165) is 6.42 Å². The van der Waals surface area contributed by atoms with Crippen molar-refractivity contribution in [2.24, 2.45) is 0 Å². The first kappa shape index (κ1) is 18.9. The van der Waals surface area contributed by atoms with Crippen LogP contribution in [0.2, 0.25) is 0 Å². The lowest BCUT2D eigenvalue weighted by Crippen LogP contribution is -2.44. The second-order valence-corrected chi connectivity index (χ2v) is 8.35. The number of carbonyl (C=O) groups is 1. The van der Waals surface area contributed by atoms with Crippen LogP contribution in [0.3, 0.4) is 0 Å². The number of hydrogen-bond acceptors (Lipinski definition) is 4. The molecule has 2 unspecified atom stereocenters. The normalized spacial score (nSPS) is 29.5. The summed E-state index contributed by atoms with van der Waals surface area (Å²) < 4.78 is 0.608. The van der Waals surface area contributed by atoms with Gasteiger partial charge in [0.25, 0.3) is 5.91 Å². The van der Waals surface area contributed by atoms with Gasteiger partial charge in [0.2, 0.25) is 0 Å². The molecule has 134 valence electrons. The second-order valence-electron chi connectivity index (χ2n) is 6.16. The Morgan fingerprint density at radius 3 is 2.80 bits per heavy atom. The van der Waals surface area contributed by atoms with Gasteiger partial charge < -0.3 is 16.0 Å². The Kier molecular flexibility index (Phi) is 5.61. The van der Waals surface area contributed by atoms with Crippen molar-refractivity contribution in [3.63, 3.8) is 0 Å². The fourth-order valence-electron chi connectivity index (χ4n) is 3.64. The van der Waals surface area contributed by atoms with Crippen LogP contribution in [-0.2, 0) is 11.2 Å². The second kappa shape index (κ2) is 7.41. The highest BCUT2D eigenvalue weighted by molar-refractivity contribution is 8.05. The van der Waals surface area contributed by atoms with Crippen molar-refractivity contribution in [3.05, 3.63) is 56.6 Å². The number of nitrogens with one attached hydrogen (secondary N) is 3. The third kappa shape index (κ3) is 3.28. The van der Waals surface area contributed by atoms with E-state index in [1.807, 2.05) is 25.3 Å². The Morgan fingerprint density at radius 1 is 1.32 bits per heavy atom. The van der Waals surface area contributed by atoms with Crippen molar-refractivity contribution in [2.45, 2.75) is 29.8 Å². The third-order valence-electron chi connectivity index (χ3n) is 4.78. The summed E-state index contributed by atoms with van der Waals surface area (Å²) in [5.41, 5.74) is 3.11. The summed E-state index contributed by atoms with van der Waals surface area (Å²) in [4.78, 5) is 12.7. The van der Waals surface area contributed by atoms with Gasteiger partial charge in [0, 0.05) is 0 Å². The average molecular weight is 419 g/mol. The van der Waals surface area contributed by atoms with Gasteiger partial charge in [0.05, 0.1) is 38.5 Å². The zero-order valence-electron chi connectivity index (χ0n) is 13.4. The molecule has 2 aliphatic heterocycles. The minimum Gasteiger partial charge on any atom is -0.372 e. The summed E-state index contributed by atoms with van der Waals surface area (Å²) in [7, 11) is 1.92. The molecule has 3 N–H and O–H groups in total. The highest BCUT2D eigenvalue weighted by atomic mass is 35.5. The lowest BCUT2D eigenvalue weighted by atomic mass is 10.1. The minimum atomic E-state index is -0.0938. The smallest absolute Gasteiger partial charge is 0.267 e. The topological polar surface area (TPSA) is 53.2 Å². The maximum atomic E-state index is 12.7. The van der Waals surface area contributed by atoms with E-state index >= 15 is 0 Å². The van der Waals surface area contributed by atoms with E-state index in [9.17, 15) is 4.79 Å². The molecule has 0 saturated carbocycles. The van der Waals surface area contributed by atoms with Crippen molar-refractivity contribution in [1.29, 1.82) is 0 Å². The molecule has 1 aromatic rings. The molecule has 4 nitrogen and oxygen atoms in total. The first-order chi connectivity index (χ1) is 11.6. The number of thioether (sulfide) groups is 1. The zero-order valence-corrected chi connectivity index (χ0v) is 16.5. The molecule has 0 spiro atoms. The molecular formula is C17H18Cl3N3OS. The van der Waals surface area contributed by atoms with Crippen LogP contribution in [0.4, 0.5) is 0 Å². The average Bonchev–Trinajstić information content (AvgIpc) is 3.21. The molecule has 8 heteroatoms. The van der Waals surface area contributed by atoms with E-state index in [1.165, 1.54) is 22.9 Å². The molecule has 1 aromatic carbocycles. The predicted molar refractivity (Wildman–Crippen MR) is 106 cm³/mol. The Hall–Kier alpha value is -0.850. The summed E-state index contributed by atoms with van der Waals surface area (Å²) in [5.74, 6) is -0.0938. The van der Waals surface area contributed by atoms with Crippen LogP contribution in [0.15, 0.2) is 45.4 Å². The van der Waals surface area contributed by atoms with Crippen LogP contribution in [-0.4, -0.2) is 30.3 Å². The molecule has 3 aliphatic rings. The van der Waals surface area contributed by atoms with Crippen LogP contribution in [0.25, 0.3) is 0 Å². The maximum absolute atomic E-state index is 12.7. The first-order valence-electron chi connectivity index (χ1n) is 7.84. The van der Waals surface area contributed by atoms with E-state index in [-0.39, 0.29) is 41.7 Å². The highest BCUT2D eigenvalue weighted by Gasteiger charge is 2.40. The van der Waals surface area contributed by atoms with E-state index < -0.39 is 0 Å².